The van der Waals surface area contributed by atoms with Gasteiger partial charge in [0.1, 0.15) is 6.61 Å². The molecule has 0 saturated heterocycles. The second kappa shape index (κ2) is 48.4. The Morgan fingerprint density at radius 2 is 0.729 bits per heavy atom. The van der Waals surface area contributed by atoms with E-state index in [1.165, 1.54) is 19.3 Å². The van der Waals surface area contributed by atoms with Gasteiger partial charge in [0.2, 0.25) is 0 Å². The maximum absolute atomic E-state index is 12.1. The van der Waals surface area contributed by atoms with Gasteiger partial charge in [-0.25, -0.2) is 0 Å². The van der Waals surface area contributed by atoms with E-state index in [-0.39, 0.29) is 25.2 Å². The molecular weight excluding hydrogens is 729 g/mol. The van der Waals surface area contributed by atoms with Gasteiger partial charge in [-0.15, -0.1) is 0 Å². The second-order valence-electron chi connectivity index (χ2n) is 14.8. The number of esters is 2. The van der Waals surface area contributed by atoms with Gasteiger partial charge < -0.3 is 14.6 Å². The minimum atomic E-state index is -0.786. The summed E-state index contributed by atoms with van der Waals surface area (Å²) in [6, 6.07) is 0. The third-order valence-corrected chi connectivity index (χ3v) is 9.21. The molecule has 5 nitrogen and oxygen atoms in total. The molecule has 1 N–H and O–H groups in total. The Bertz CT molecular complexity index is 1290. The fourth-order valence-corrected chi connectivity index (χ4v) is 5.73. The Balaban J connectivity index is 3.67. The molecule has 0 rings (SSSR count). The summed E-state index contributed by atoms with van der Waals surface area (Å²) in [5.41, 5.74) is 0. The lowest BCUT2D eigenvalue weighted by molar-refractivity contribution is -0.161. The average molecular weight is 813 g/mol. The number of aliphatic hydroxyl groups excluding tert-OH is 1. The second-order valence-corrected chi connectivity index (χ2v) is 14.8. The highest BCUT2D eigenvalue weighted by Gasteiger charge is 2.16. The maximum Gasteiger partial charge on any atom is 0.306 e. The van der Waals surface area contributed by atoms with Crippen molar-refractivity contribution in [3.05, 3.63) is 134 Å². The largest absolute Gasteiger partial charge is 0.462 e. The van der Waals surface area contributed by atoms with Crippen LogP contribution in [-0.2, 0) is 19.1 Å². The summed E-state index contributed by atoms with van der Waals surface area (Å²) < 4.78 is 10.5. The van der Waals surface area contributed by atoms with E-state index >= 15 is 0 Å². The van der Waals surface area contributed by atoms with E-state index < -0.39 is 6.10 Å². The van der Waals surface area contributed by atoms with Crippen LogP contribution in [0.3, 0.4) is 0 Å². The molecule has 1 unspecified atom stereocenters. The molecule has 0 aliphatic carbocycles. The first-order chi connectivity index (χ1) is 29.1. The zero-order valence-electron chi connectivity index (χ0n) is 37.5. The topological polar surface area (TPSA) is 72.8 Å². The smallest absolute Gasteiger partial charge is 0.306 e. The van der Waals surface area contributed by atoms with Gasteiger partial charge in [-0.05, 0) is 96.3 Å². The lowest BCUT2D eigenvalue weighted by atomic mass is 10.1. The van der Waals surface area contributed by atoms with E-state index in [9.17, 15) is 14.7 Å². The number of rotatable bonds is 40. The van der Waals surface area contributed by atoms with Gasteiger partial charge in [0, 0.05) is 12.8 Å². The molecule has 0 amide bonds. The lowest BCUT2D eigenvalue weighted by Crippen LogP contribution is -2.28. The predicted molar refractivity (Wildman–Crippen MR) is 255 cm³/mol. The van der Waals surface area contributed by atoms with Gasteiger partial charge in [0.05, 0.1) is 6.61 Å². The van der Waals surface area contributed by atoms with Crippen molar-refractivity contribution in [1.82, 2.24) is 0 Å². The number of hydrogen-bond acceptors (Lipinski definition) is 5. The monoisotopic (exact) mass is 813 g/mol. The highest BCUT2D eigenvalue weighted by molar-refractivity contribution is 5.70. The summed E-state index contributed by atoms with van der Waals surface area (Å²) in [7, 11) is 0. The summed E-state index contributed by atoms with van der Waals surface area (Å²) in [6.07, 6.45) is 72.8. The number of carbonyl (C=O) groups is 2. The van der Waals surface area contributed by atoms with Gasteiger partial charge in [0.25, 0.3) is 0 Å². The molecule has 0 aliphatic rings. The van der Waals surface area contributed by atoms with Crippen LogP contribution in [0.25, 0.3) is 0 Å². The van der Waals surface area contributed by atoms with Crippen molar-refractivity contribution < 1.29 is 24.2 Å². The lowest BCUT2D eigenvalue weighted by Gasteiger charge is -2.15. The van der Waals surface area contributed by atoms with Crippen molar-refractivity contribution in [3.63, 3.8) is 0 Å². The van der Waals surface area contributed by atoms with E-state index in [1.807, 2.05) is 0 Å². The summed E-state index contributed by atoms with van der Waals surface area (Å²) in [5, 5.41) is 9.50. The van der Waals surface area contributed by atoms with E-state index in [0.29, 0.717) is 12.8 Å². The molecule has 0 bridgehead atoms. The van der Waals surface area contributed by atoms with Crippen LogP contribution in [0.4, 0.5) is 0 Å². The molecule has 0 heterocycles. The number of unbranched alkanes of at least 4 members (excludes halogenated alkanes) is 10. The third-order valence-electron chi connectivity index (χ3n) is 9.21. The van der Waals surface area contributed by atoms with Crippen molar-refractivity contribution in [1.29, 1.82) is 0 Å². The fraction of sp³-hybridized carbons (Fsp3) is 0.556. The zero-order chi connectivity index (χ0) is 42.8. The first-order valence-corrected chi connectivity index (χ1v) is 23.2. The number of allylic oxidation sites excluding steroid dienone is 22. The third kappa shape index (κ3) is 46.6. The van der Waals surface area contributed by atoms with E-state index in [2.05, 4.69) is 148 Å². The molecule has 0 aromatic heterocycles. The summed E-state index contributed by atoms with van der Waals surface area (Å²) in [4.78, 5) is 24.1. The van der Waals surface area contributed by atoms with Crippen molar-refractivity contribution in [2.75, 3.05) is 13.2 Å². The van der Waals surface area contributed by atoms with Crippen LogP contribution < -0.4 is 0 Å². The Morgan fingerprint density at radius 3 is 1.10 bits per heavy atom. The minimum Gasteiger partial charge on any atom is -0.462 e. The van der Waals surface area contributed by atoms with Crippen molar-refractivity contribution >= 4 is 11.9 Å². The molecule has 0 saturated carbocycles. The predicted octanol–water partition coefficient (Wildman–Crippen LogP) is 15.3. The van der Waals surface area contributed by atoms with Crippen LogP contribution in [-0.4, -0.2) is 36.4 Å². The molecule has 0 aromatic rings. The van der Waals surface area contributed by atoms with Crippen molar-refractivity contribution in [2.24, 2.45) is 0 Å². The molecule has 1 atom stereocenters. The van der Waals surface area contributed by atoms with Crippen LogP contribution in [0, 0.1) is 0 Å². The Hall–Kier alpha value is -3.96. The maximum atomic E-state index is 12.1. The number of ether oxygens (including phenoxy) is 2. The van der Waals surface area contributed by atoms with Gasteiger partial charge in [-0.2, -0.15) is 0 Å². The highest BCUT2D eigenvalue weighted by atomic mass is 16.6. The van der Waals surface area contributed by atoms with Gasteiger partial charge >= 0.3 is 11.9 Å². The van der Waals surface area contributed by atoms with Gasteiger partial charge in [0.15, 0.2) is 6.10 Å². The molecule has 0 aromatic carbocycles. The Morgan fingerprint density at radius 1 is 0.407 bits per heavy atom. The zero-order valence-corrected chi connectivity index (χ0v) is 37.5. The van der Waals surface area contributed by atoms with Gasteiger partial charge in [-0.3, -0.25) is 9.59 Å². The average Bonchev–Trinajstić information content (AvgIpc) is 3.24. The molecular formula is C54H84O5. The van der Waals surface area contributed by atoms with Gasteiger partial charge in [-0.1, -0.05) is 199 Å². The van der Waals surface area contributed by atoms with E-state index in [0.717, 1.165) is 128 Å². The van der Waals surface area contributed by atoms with E-state index in [1.54, 1.807) is 0 Å². The van der Waals surface area contributed by atoms with Crippen LogP contribution >= 0.6 is 0 Å². The Labute approximate surface area is 362 Å². The van der Waals surface area contributed by atoms with Crippen molar-refractivity contribution in [2.45, 2.75) is 180 Å². The first kappa shape index (κ1) is 55.0. The summed E-state index contributed by atoms with van der Waals surface area (Å²) in [5.74, 6) is -0.635. The normalized spacial score (nSPS) is 13.5. The van der Waals surface area contributed by atoms with Crippen LogP contribution in [0.15, 0.2) is 134 Å². The molecule has 5 heteroatoms. The number of aliphatic hydroxyl groups is 1. The van der Waals surface area contributed by atoms with E-state index in [4.69, 9.17) is 9.47 Å². The summed E-state index contributed by atoms with van der Waals surface area (Å²) in [6.45, 7) is 3.91. The van der Waals surface area contributed by atoms with Crippen LogP contribution in [0.5, 0.6) is 0 Å². The molecule has 0 radical (unpaired) electrons. The minimum absolute atomic E-state index is 0.0815. The molecule has 0 fully saturated rings. The van der Waals surface area contributed by atoms with Crippen LogP contribution in [0.2, 0.25) is 0 Å². The quantitative estimate of drug-likeness (QED) is 0.0379. The number of hydrogen-bond donors (Lipinski definition) is 1. The van der Waals surface area contributed by atoms with Crippen LogP contribution in [0.1, 0.15) is 174 Å². The number of carbonyl (C=O) groups excluding carboxylic acids is 2. The summed E-state index contributed by atoms with van der Waals surface area (Å²) >= 11 is 0. The highest BCUT2D eigenvalue weighted by Crippen LogP contribution is 2.11. The molecule has 330 valence electrons. The fourth-order valence-electron chi connectivity index (χ4n) is 5.73. The molecule has 0 aliphatic heterocycles. The molecule has 59 heavy (non-hydrogen) atoms. The Kier molecular flexibility index (Phi) is 45.2. The van der Waals surface area contributed by atoms with Crippen molar-refractivity contribution in [3.8, 4) is 0 Å². The standard InChI is InChI=1S/C54H84O5/c1-3-5-7-9-11-12-13-14-15-16-17-18-19-20-21-22-23-24-25-26-27-28-29-30-31-32-33-34-35-36-37-38-39-40-41-42-43-45-47-49-54(57)59-52(50-55)51-58-53(56)48-46-44-10-8-6-4-2/h5,7,11-12,14-15,17-18,20-21,23-24,26-27,29-30,32-33,35-36,38-39,52,55H,3-4,6,8-10,13,16,19,22,25,28,31,34,37,40-51H2,1-2H3/b7-5-,12-11-,15-14-,18-17-,21-20-,24-23-,27-26-,30-29-,33-32-,36-35-,39-38-. The SMILES string of the molecule is CC/C=C\C/C=C\C/C=C\C/C=C\C/C=C\C/C=C\C/C=C\C/C=C\C/C=C\C/C=C\C/C=C\CCCCCCCC(=O)OC(CO)COC(=O)CCCCCCCC. The molecule has 0 spiro atoms. The first-order valence-electron chi connectivity index (χ1n) is 23.2.